The zero-order valence-electron chi connectivity index (χ0n) is 25.6. The van der Waals surface area contributed by atoms with Crippen LogP contribution in [0.25, 0.3) is 11.3 Å². The first kappa shape index (κ1) is 32.5. The van der Waals surface area contributed by atoms with Crippen LogP contribution < -0.4 is 20.1 Å². The Balaban J connectivity index is 1.69. The molecule has 2 atom stereocenters. The van der Waals surface area contributed by atoms with E-state index in [4.69, 9.17) is 20.2 Å². The molecule has 2 unspecified atom stereocenters. The molecule has 2 fully saturated rings. The van der Waals surface area contributed by atoms with E-state index in [0.717, 1.165) is 10.7 Å². The first-order valence-corrected chi connectivity index (χ1v) is 16.0. The highest BCUT2D eigenvalue weighted by molar-refractivity contribution is 7.87. The third kappa shape index (κ3) is 7.74. The van der Waals surface area contributed by atoms with Gasteiger partial charge in [-0.3, -0.25) is 4.79 Å². The summed E-state index contributed by atoms with van der Waals surface area (Å²) in [5, 5.41) is 0. The average molecular weight is 620 g/mol. The first-order chi connectivity index (χ1) is 20.0. The van der Waals surface area contributed by atoms with Crippen LogP contribution >= 0.6 is 0 Å². The summed E-state index contributed by atoms with van der Waals surface area (Å²) in [4.78, 5) is 31.8. The molecular formula is C30H42FN5O6S. The van der Waals surface area contributed by atoms with Crippen molar-refractivity contribution < 1.29 is 31.9 Å². The Hall–Kier alpha value is -3.45. The van der Waals surface area contributed by atoms with Crippen LogP contribution in [0.2, 0.25) is 0 Å². The highest BCUT2D eigenvalue weighted by atomic mass is 32.2. The van der Waals surface area contributed by atoms with Crippen molar-refractivity contribution in [3.05, 3.63) is 41.7 Å². The second-order valence-electron chi connectivity index (χ2n) is 12.9. The van der Waals surface area contributed by atoms with Gasteiger partial charge in [-0.15, -0.1) is 0 Å². The normalized spacial score (nSPS) is 22.4. The number of nitrogens with zero attached hydrogens (tertiary/aromatic N) is 3. The van der Waals surface area contributed by atoms with E-state index in [0.29, 0.717) is 54.7 Å². The van der Waals surface area contributed by atoms with Crippen molar-refractivity contribution in [1.82, 2.24) is 14.0 Å². The molecule has 3 heterocycles. The number of piperidine rings is 1. The molecule has 2 aliphatic heterocycles. The van der Waals surface area contributed by atoms with Gasteiger partial charge in [-0.1, -0.05) is 20.8 Å². The van der Waals surface area contributed by atoms with Gasteiger partial charge in [-0.05, 0) is 76.1 Å². The third-order valence-electron chi connectivity index (χ3n) is 7.73. The van der Waals surface area contributed by atoms with Crippen LogP contribution in [0.4, 0.5) is 15.0 Å². The number of carbonyl (C=O) groups is 2. The number of ether oxygens (including phenoxy) is 2. The number of rotatable bonds is 9. The van der Waals surface area contributed by atoms with Crippen molar-refractivity contribution in [2.75, 3.05) is 31.1 Å². The van der Waals surface area contributed by atoms with Crippen LogP contribution in [-0.2, 0) is 14.9 Å². The maximum atomic E-state index is 14.6. The fourth-order valence-corrected chi connectivity index (χ4v) is 7.22. The number of nitrogens with one attached hydrogen (secondary N) is 1. The maximum absolute atomic E-state index is 14.6. The summed E-state index contributed by atoms with van der Waals surface area (Å²) >= 11 is 0. The Kier molecular flexibility index (Phi) is 9.27. The van der Waals surface area contributed by atoms with E-state index in [9.17, 15) is 22.4 Å². The van der Waals surface area contributed by atoms with Crippen molar-refractivity contribution >= 4 is 28.0 Å². The number of amides is 2. The van der Waals surface area contributed by atoms with Gasteiger partial charge in [0.15, 0.2) is 0 Å². The van der Waals surface area contributed by atoms with E-state index in [-0.39, 0.29) is 30.1 Å². The number of pyridine rings is 1. The number of hydrogen-bond donors (Lipinski definition) is 2. The number of benzene rings is 1. The number of carbonyl (C=O) groups excluding carboxylic acids is 2. The standard InChI is InChI=1S/C30H42FN5O6S/c1-19(2)17-41-23-13-21(12-22(31)14-23)25-9-8-24(26(33-25)36-16-20(3)15-29(36,4)5)27(37)34-43(39,40)35-11-7-10-30(6,18-35)42-28(32)38/h8-9,12-14,19-20H,7,10-11,15-18H2,1-6H3,(H2,32,38)(H,34,37). The summed E-state index contributed by atoms with van der Waals surface area (Å²) in [5.41, 5.74) is 4.63. The Morgan fingerprint density at radius 1 is 1.21 bits per heavy atom. The van der Waals surface area contributed by atoms with E-state index < -0.39 is 33.6 Å². The third-order valence-corrected chi connectivity index (χ3v) is 9.17. The molecule has 0 radical (unpaired) electrons. The van der Waals surface area contributed by atoms with Crippen molar-refractivity contribution in [3.8, 4) is 17.0 Å². The van der Waals surface area contributed by atoms with E-state index in [1.165, 1.54) is 18.2 Å². The van der Waals surface area contributed by atoms with Crippen LogP contribution in [-0.4, -0.2) is 67.1 Å². The molecule has 11 nitrogen and oxygen atoms in total. The van der Waals surface area contributed by atoms with Gasteiger partial charge in [0.25, 0.3) is 5.91 Å². The monoisotopic (exact) mass is 619 g/mol. The van der Waals surface area contributed by atoms with Gasteiger partial charge >= 0.3 is 16.3 Å². The average Bonchev–Trinajstić information content (AvgIpc) is 3.17. The number of aromatic nitrogens is 1. The molecule has 2 saturated heterocycles. The van der Waals surface area contributed by atoms with Gasteiger partial charge in [-0.25, -0.2) is 18.9 Å². The second-order valence-corrected chi connectivity index (χ2v) is 14.6. The fourth-order valence-electron chi connectivity index (χ4n) is 5.94. The summed E-state index contributed by atoms with van der Waals surface area (Å²) in [5.74, 6) is -0.136. The number of hydrogen-bond acceptors (Lipinski definition) is 8. The molecule has 0 bridgehead atoms. The molecule has 2 aliphatic rings. The Labute approximate surface area is 253 Å². The lowest BCUT2D eigenvalue weighted by molar-refractivity contribution is -0.00700. The van der Waals surface area contributed by atoms with Gasteiger partial charge < -0.3 is 20.1 Å². The Morgan fingerprint density at radius 2 is 1.93 bits per heavy atom. The number of halogens is 1. The SMILES string of the molecule is CC(C)COc1cc(F)cc(-c2ccc(C(=O)NS(=O)(=O)N3CCCC(C)(OC(N)=O)C3)c(N3CC(C)CC3(C)C)n2)c1. The summed E-state index contributed by atoms with van der Waals surface area (Å²) in [7, 11) is -4.32. The molecule has 0 aliphatic carbocycles. The lowest BCUT2D eigenvalue weighted by Crippen LogP contribution is -2.55. The lowest BCUT2D eigenvalue weighted by Gasteiger charge is -2.38. The van der Waals surface area contributed by atoms with E-state index >= 15 is 0 Å². The van der Waals surface area contributed by atoms with Crippen LogP contribution in [0.3, 0.4) is 0 Å². The summed E-state index contributed by atoms with van der Waals surface area (Å²) in [6.07, 6.45) is 0.674. The predicted octanol–water partition coefficient (Wildman–Crippen LogP) is 4.47. The van der Waals surface area contributed by atoms with Crippen LogP contribution in [0, 0.1) is 17.7 Å². The van der Waals surface area contributed by atoms with Gasteiger partial charge in [-0.2, -0.15) is 12.7 Å². The van der Waals surface area contributed by atoms with Crippen molar-refractivity contribution in [3.63, 3.8) is 0 Å². The fraction of sp³-hybridized carbons (Fsp3) is 0.567. The molecule has 13 heteroatoms. The summed E-state index contributed by atoms with van der Waals surface area (Å²) in [6, 6.07) is 7.43. The largest absolute Gasteiger partial charge is 0.493 e. The van der Waals surface area contributed by atoms with E-state index in [2.05, 4.69) is 11.6 Å². The molecule has 0 spiro atoms. The quantitative estimate of drug-likeness (QED) is 0.418. The molecule has 43 heavy (non-hydrogen) atoms. The van der Waals surface area contributed by atoms with Crippen LogP contribution in [0.5, 0.6) is 5.75 Å². The van der Waals surface area contributed by atoms with Gasteiger partial charge in [0.05, 0.1) is 24.4 Å². The van der Waals surface area contributed by atoms with Crippen molar-refractivity contribution in [2.45, 2.75) is 71.9 Å². The molecular weight excluding hydrogens is 577 g/mol. The molecule has 3 N–H and O–H groups in total. The van der Waals surface area contributed by atoms with E-state index in [1.54, 1.807) is 19.1 Å². The first-order valence-electron chi connectivity index (χ1n) is 14.5. The molecule has 1 aromatic heterocycles. The zero-order valence-corrected chi connectivity index (χ0v) is 26.5. The molecule has 1 aromatic carbocycles. The minimum Gasteiger partial charge on any atom is -0.493 e. The molecule has 236 valence electrons. The molecule has 2 aromatic rings. The highest BCUT2D eigenvalue weighted by Gasteiger charge is 2.41. The lowest BCUT2D eigenvalue weighted by atomic mass is 9.96. The molecule has 4 rings (SSSR count). The molecule has 2 amide bonds. The van der Waals surface area contributed by atoms with Gasteiger partial charge in [0.2, 0.25) is 0 Å². The zero-order chi connectivity index (χ0) is 31.7. The van der Waals surface area contributed by atoms with Crippen LogP contribution in [0.15, 0.2) is 30.3 Å². The predicted molar refractivity (Wildman–Crippen MR) is 161 cm³/mol. The highest BCUT2D eigenvalue weighted by Crippen LogP contribution is 2.39. The minimum atomic E-state index is -4.32. The van der Waals surface area contributed by atoms with Crippen LogP contribution in [0.1, 0.15) is 71.2 Å². The van der Waals surface area contributed by atoms with E-state index in [1.807, 2.05) is 32.6 Å². The number of anilines is 1. The van der Waals surface area contributed by atoms with Crippen molar-refractivity contribution in [2.24, 2.45) is 17.6 Å². The summed E-state index contributed by atoms with van der Waals surface area (Å²) < 4.78 is 55.5. The van der Waals surface area contributed by atoms with Gasteiger partial charge in [0.1, 0.15) is 23.0 Å². The summed E-state index contributed by atoms with van der Waals surface area (Å²) in [6.45, 7) is 12.8. The number of primary amides is 1. The Bertz CT molecular complexity index is 1480. The maximum Gasteiger partial charge on any atom is 0.405 e. The number of nitrogens with two attached hydrogens (primary N) is 1. The second kappa shape index (κ2) is 12.3. The van der Waals surface area contributed by atoms with Gasteiger partial charge in [0, 0.05) is 30.3 Å². The molecule has 0 saturated carbocycles. The topological polar surface area (TPSA) is 144 Å². The smallest absolute Gasteiger partial charge is 0.405 e. The minimum absolute atomic E-state index is 0.0651. The van der Waals surface area contributed by atoms with Crippen molar-refractivity contribution in [1.29, 1.82) is 0 Å². The Morgan fingerprint density at radius 3 is 2.56 bits per heavy atom.